The van der Waals surface area contributed by atoms with Crippen LogP contribution < -0.4 is 15.5 Å². The van der Waals surface area contributed by atoms with Crippen LogP contribution in [0.3, 0.4) is 0 Å². The van der Waals surface area contributed by atoms with E-state index in [1.165, 1.54) is 5.56 Å². The van der Waals surface area contributed by atoms with Gasteiger partial charge in [-0.3, -0.25) is 9.59 Å². The lowest BCUT2D eigenvalue weighted by Crippen LogP contribution is -2.34. The highest BCUT2D eigenvalue weighted by atomic mass is 16.2. The third-order valence-corrected chi connectivity index (χ3v) is 4.31. The first-order valence-electron chi connectivity index (χ1n) is 8.69. The van der Waals surface area contributed by atoms with Gasteiger partial charge in [0.2, 0.25) is 5.91 Å². The minimum atomic E-state index is -0.0712. The summed E-state index contributed by atoms with van der Waals surface area (Å²) < 4.78 is 0. The third-order valence-electron chi connectivity index (χ3n) is 4.31. The molecular formula is C20H23N3O2. The van der Waals surface area contributed by atoms with Crippen molar-refractivity contribution in [2.45, 2.75) is 19.8 Å². The van der Waals surface area contributed by atoms with Crippen LogP contribution in [0, 0.1) is 0 Å². The van der Waals surface area contributed by atoms with Crippen molar-refractivity contribution in [3.05, 3.63) is 59.7 Å². The first-order chi connectivity index (χ1) is 12.2. The molecule has 25 heavy (non-hydrogen) atoms. The molecule has 1 aliphatic rings. The number of amides is 2. The second-order valence-electron chi connectivity index (χ2n) is 6.11. The topological polar surface area (TPSA) is 61.4 Å². The summed E-state index contributed by atoms with van der Waals surface area (Å²) in [5, 5.41) is 5.98. The van der Waals surface area contributed by atoms with Crippen LogP contribution in [-0.2, 0) is 11.2 Å². The van der Waals surface area contributed by atoms with Crippen LogP contribution >= 0.6 is 0 Å². The van der Waals surface area contributed by atoms with Gasteiger partial charge in [0.1, 0.15) is 0 Å². The van der Waals surface area contributed by atoms with Crippen LogP contribution in [0.4, 0.5) is 11.4 Å². The normalized spacial score (nSPS) is 12.6. The molecule has 0 radical (unpaired) electrons. The molecule has 1 aliphatic heterocycles. The molecule has 0 atom stereocenters. The number of rotatable bonds is 6. The molecular weight excluding hydrogens is 314 g/mol. The van der Waals surface area contributed by atoms with Crippen LogP contribution in [0.2, 0.25) is 0 Å². The van der Waals surface area contributed by atoms with Crippen molar-refractivity contribution in [1.82, 2.24) is 5.32 Å². The van der Waals surface area contributed by atoms with Crippen LogP contribution in [0.5, 0.6) is 0 Å². The number of carbonyl (C=O) groups excluding carboxylic acids is 2. The number of anilines is 2. The quantitative estimate of drug-likeness (QED) is 0.852. The molecule has 5 heteroatoms. The summed E-state index contributed by atoms with van der Waals surface area (Å²) >= 11 is 0. The van der Waals surface area contributed by atoms with Crippen molar-refractivity contribution in [2.75, 3.05) is 29.9 Å². The van der Waals surface area contributed by atoms with E-state index in [9.17, 15) is 9.59 Å². The molecule has 2 amide bonds. The average molecular weight is 337 g/mol. The first-order valence-corrected chi connectivity index (χ1v) is 8.69. The molecule has 0 spiro atoms. The zero-order valence-electron chi connectivity index (χ0n) is 14.4. The summed E-state index contributed by atoms with van der Waals surface area (Å²) in [7, 11) is 0. The highest BCUT2D eigenvalue weighted by Gasteiger charge is 2.23. The Balaban J connectivity index is 1.55. The van der Waals surface area contributed by atoms with Gasteiger partial charge in [0.25, 0.3) is 5.91 Å². The molecule has 0 aromatic heterocycles. The van der Waals surface area contributed by atoms with Crippen molar-refractivity contribution < 1.29 is 9.59 Å². The third kappa shape index (κ3) is 3.99. The maximum Gasteiger partial charge on any atom is 0.251 e. The van der Waals surface area contributed by atoms with Gasteiger partial charge in [-0.05, 0) is 48.7 Å². The lowest BCUT2D eigenvalue weighted by molar-refractivity contribution is -0.116. The van der Waals surface area contributed by atoms with E-state index in [4.69, 9.17) is 0 Å². The van der Waals surface area contributed by atoms with Gasteiger partial charge in [0.05, 0.1) is 6.54 Å². The fourth-order valence-electron chi connectivity index (χ4n) is 2.95. The van der Waals surface area contributed by atoms with E-state index in [2.05, 4.69) is 16.7 Å². The van der Waals surface area contributed by atoms with Crippen molar-refractivity contribution in [3.63, 3.8) is 0 Å². The van der Waals surface area contributed by atoms with Gasteiger partial charge in [-0.1, -0.05) is 25.1 Å². The molecule has 0 bridgehead atoms. The van der Waals surface area contributed by atoms with Crippen molar-refractivity contribution in [1.29, 1.82) is 0 Å². The second-order valence-corrected chi connectivity index (χ2v) is 6.11. The Kier molecular flexibility index (Phi) is 5.33. The molecule has 0 unspecified atom stereocenters. The fourth-order valence-corrected chi connectivity index (χ4v) is 2.95. The van der Waals surface area contributed by atoms with E-state index in [0.717, 1.165) is 30.8 Å². The van der Waals surface area contributed by atoms with Crippen molar-refractivity contribution in [2.24, 2.45) is 0 Å². The Morgan fingerprint density at radius 2 is 1.84 bits per heavy atom. The van der Waals surface area contributed by atoms with Gasteiger partial charge in [-0.15, -0.1) is 0 Å². The number of nitrogens with one attached hydrogen (secondary N) is 2. The Bertz CT molecular complexity index is 756. The number of nitrogens with zero attached hydrogens (tertiary/aromatic N) is 1. The van der Waals surface area contributed by atoms with Gasteiger partial charge in [0.15, 0.2) is 0 Å². The lowest BCUT2D eigenvalue weighted by atomic mass is 10.2. The molecule has 3 rings (SSSR count). The minimum Gasteiger partial charge on any atom is -0.376 e. The van der Waals surface area contributed by atoms with Gasteiger partial charge >= 0.3 is 0 Å². The van der Waals surface area contributed by atoms with E-state index >= 15 is 0 Å². The predicted octanol–water partition coefficient (Wildman–Crippen LogP) is 2.83. The smallest absolute Gasteiger partial charge is 0.251 e. The van der Waals surface area contributed by atoms with Crippen LogP contribution in [0.15, 0.2) is 48.5 Å². The maximum atomic E-state index is 12.5. The highest BCUT2D eigenvalue weighted by Crippen LogP contribution is 2.27. The SMILES string of the molecule is CCCNC(=O)c1ccc(NCC(=O)N2CCc3ccccc32)cc1. The molecule has 1 heterocycles. The standard InChI is InChI=1S/C20H23N3O2/c1-2-12-21-20(25)16-7-9-17(10-8-16)22-14-19(24)23-13-11-15-5-3-4-6-18(15)23/h3-10,22H,2,11-14H2,1H3,(H,21,25). The van der Waals surface area contributed by atoms with Gasteiger partial charge in [-0.25, -0.2) is 0 Å². The molecule has 0 saturated heterocycles. The highest BCUT2D eigenvalue weighted by molar-refractivity contribution is 5.98. The number of carbonyl (C=O) groups is 2. The summed E-state index contributed by atoms with van der Waals surface area (Å²) in [6, 6.07) is 15.2. The van der Waals surface area contributed by atoms with E-state index in [1.807, 2.05) is 42.2 Å². The van der Waals surface area contributed by atoms with E-state index < -0.39 is 0 Å². The van der Waals surface area contributed by atoms with E-state index in [-0.39, 0.29) is 18.4 Å². The summed E-state index contributed by atoms with van der Waals surface area (Å²) in [6.45, 7) is 3.65. The summed E-state index contributed by atoms with van der Waals surface area (Å²) in [6.07, 6.45) is 1.82. The van der Waals surface area contributed by atoms with Gasteiger partial charge in [-0.2, -0.15) is 0 Å². The fraction of sp³-hybridized carbons (Fsp3) is 0.300. The predicted molar refractivity (Wildman–Crippen MR) is 100 cm³/mol. The second kappa shape index (κ2) is 7.83. The number of hydrogen-bond donors (Lipinski definition) is 2. The monoisotopic (exact) mass is 337 g/mol. The van der Waals surface area contributed by atoms with Crippen molar-refractivity contribution >= 4 is 23.2 Å². The Morgan fingerprint density at radius 3 is 2.60 bits per heavy atom. The van der Waals surface area contributed by atoms with Crippen molar-refractivity contribution in [3.8, 4) is 0 Å². The van der Waals surface area contributed by atoms with Crippen LogP contribution in [-0.4, -0.2) is 31.4 Å². The summed E-state index contributed by atoms with van der Waals surface area (Å²) in [5.41, 5.74) is 3.68. The Morgan fingerprint density at radius 1 is 1.08 bits per heavy atom. The zero-order chi connectivity index (χ0) is 17.6. The molecule has 0 saturated carbocycles. The Labute approximate surface area is 148 Å². The molecule has 130 valence electrons. The summed E-state index contributed by atoms with van der Waals surface area (Å²) in [4.78, 5) is 26.2. The molecule has 2 aromatic rings. The minimum absolute atomic E-state index is 0.0507. The zero-order valence-corrected chi connectivity index (χ0v) is 14.4. The van der Waals surface area contributed by atoms with Crippen LogP contribution in [0.25, 0.3) is 0 Å². The maximum absolute atomic E-state index is 12.5. The molecule has 2 aromatic carbocycles. The molecule has 0 aliphatic carbocycles. The van der Waals surface area contributed by atoms with E-state index in [0.29, 0.717) is 12.1 Å². The Hall–Kier alpha value is -2.82. The molecule has 5 nitrogen and oxygen atoms in total. The van der Waals surface area contributed by atoms with Gasteiger partial charge < -0.3 is 15.5 Å². The van der Waals surface area contributed by atoms with E-state index in [1.54, 1.807) is 12.1 Å². The number of fused-ring (bicyclic) bond motifs is 1. The van der Waals surface area contributed by atoms with Gasteiger partial charge in [0, 0.05) is 30.0 Å². The molecule has 2 N–H and O–H groups in total. The number of benzene rings is 2. The molecule has 0 fully saturated rings. The lowest BCUT2D eigenvalue weighted by Gasteiger charge is -2.18. The largest absolute Gasteiger partial charge is 0.376 e. The summed E-state index contributed by atoms with van der Waals surface area (Å²) in [5.74, 6) is -0.0205. The number of para-hydroxylation sites is 1. The van der Waals surface area contributed by atoms with Crippen LogP contribution in [0.1, 0.15) is 29.3 Å². The average Bonchev–Trinajstić information content (AvgIpc) is 3.09. The number of hydrogen-bond acceptors (Lipinski definition) is 3. The first kappa shape index (κ1) is 17.0.